The number of carbonyl (C=O) groups excluding carboxylic acids is 2. The summed E-state index contributed by atoms with van der Waals surface area (Å²) < 4.78 is 5.14. The van der Waals surface area contributed by atoms with Gasteiger partial charge in [0, 0.05) is 40.3 Å². The summed E-state index contributed by atoms with van der Waals surface area (Å²) in [5, 5.41) is 0. The van der Waals surface area contributed by atoms with Gasteiger partial charge in [0.25, 0.3) is 5.91 Å². The topological polar surface area (TPSA) is 53.1 Å². The summed E-state index contributed by atoms with van der Waals surface area (Å²) in [4.78, 5) is 30.7. The molecule has 1 unspecified atom stereocenters. The van der Waals surface area contributed by atoms with Crippen LogP contribution < -0.4 is 0 Å². The highest BCUT2D eigenvalue weighted by atomic mass is 16.5. The maximum absolute atomic E-state index is 12.8. The number of piperidine rings is 1. The monoisotopic (exact) mass is 335 g/mol. The molecule has 1 atom stereocenters. The van der Waals surface area contributed by atoms with Crippen molar-refractivity contribution in [3.63, 3.8) is 0 Å². The fourth-order valence-electron chi connectivity index (χ4n) is 4.35. The maximum atomic E-state index is 12.8. The molecule has 3 rings (SSSR count). The number of rotatable bonds is 5. The molecule has 1 aliphatic carbocycles. The van der Waals surface area contributed by atoms with E-state index < -0.39 is 5.54 Å². The molecule has 0 N–H and O–H groups in total. The van der Waals surface area contributed by atoms with E-state index in [9.17, 15) is 9.59 Å². The molecule has 0 saturated carbocycles. The molecule has 6 heteroatoms. The second-order valence-corrected chi connectivity index (χ2v) is 7.27. The van der Waals surface area contributed by atoms with Crippen LogP contribution in [0.25, 0.3) is 0 Å². The summed E-state index contributed by atoms with van der Waals surface area (Å²) in [7, 11) is 3.22. The van der Waals surface area contributed by atoms with Crippen molar-refractivity contribution in [1.29, 1.82) is 0 Å². The van der Waals surface area contributed by atoms with Gasteiger partial charge in [-0.3, -0.25) is 9.69 Å². The molecule has 3 aliphatic rings. The molecule has 3 amide bonds. The highest BCUT2D eigenvalue weighted by Crippen LogP contribution is 2.37. The minimum absolute atomic E-state index is 0.0381. The predicted molar refractivity (Wildman–Crippen MR) is 91.6 cm³/mol. The molecule has 0 aromatic heterocycles. The normalized spacial score (nSPS) is 27.5. The second-order valence-electron chi connectivity index (χ2n) is 7.27. The Bertz CT molecular complexity index is 512. The summed E-state index contributed by atoms with van der Waals surface area (Å²) in [6.07, 6.45) is 9.64. The third kappa shape index (κ3) is 3.09. The number of hydrogen-bond acceptors (Lipinski definition) is 4. The van der Waals surface area contributed by atoms with Gasteiger partial charge in [-0.25, -0.2) is 4.79 Å². The van der Waals surface area contributed by atoms with Crippen LogP contribution in [0.4, 0.5) is 4.79 Å². The van der Waals surface area contributed by atoms with Crippen LogP contribution >= 0.6 is 0 Å². The van der Waals surface area contributed by atoms with Crippen molar-refractivity contribution >= 4 is 11.9 Å². The number of carbonyl (C=O) groups is 2. The summed E-state index contributed by atoms with van der Waals surface area (Å²) in [6, 6.07) is -0.178. The van der Waals surface area contributed by atoms with Crippen molar-refractivity contribution in [1.82, 2.24) is 14.7 Å². The van der Waals surface area contributed by atoms with Gasteiger partial charge in [0.15, 0.2) is 0 Å². The lowest BCUT2D eigenvalue weighted by atomic mass is 9.85. The number of allylic oxidation sites excluding steroid dienone is 2. The Labute approximate surface area is 144 Å². The van der Waals surface area contributed by atoms with Crippen LogP contribution in [-0.2, 0) is 9.53 Å². The molecule has 24 heavy (non-hydrogen) atoms. The van der Waals surface area contributed by atoms with Crippen molar-refractivity contribution in [3.05, 3.63) is 12.2 Å². The lowest BCUT2D eigenvalue weighted by Crippen LogP contribution is -2.57. The first-order valence-electron chi connectivity index (χ1n) is 9.04. The van der Waals surface area contributed by atoms with E-state index in [0.717, 1.165) is 38.4 Å². The standard InChI is InChI=1S/C18H29N3O3/c1-19-16(22)18(21(17(19)23)12-13-24-2)8-10-20(11-9-18)14-15-6-4-3-5-7-15/h3-4,15H,5-14H2,1-2H3. The van der Waals surface area contributed by atoms with E-state index in [4.69, 9.17) is 4.74 Å². The maximum Gasteiger partial charge on any atom is 0.327 e. The Kier molecular flexibility index (Phi) is 5.25. The van der Waals surface area contributed by atoms with E-state index in [-0.39, 0.29) is 11.9 Å². The highest BCUT2D eigenvalue weighted by molar-refractivity contribution is 6.06. The molecule has 6 nitrogen and oxygen atoms in total. The summed E-state index contributed by atoms with van der Waals surface area (Å²) in [5.41, 5.74) is -0.646. The second kappa shape index (κ2) is 7.23. The SMILES string of the molecule is COCCN1C(=O)N(C)C(=O)C12CCN(CC1CC=CCC1)CC2. The van der Waals surface area contributed by atoms with Crippen LogP contribution in [0.5, 0.6) is 0 Å². The number of likely N-dealkylation sites (tertiary alicyclic amines) is 1. The molecule has 0 radical (unpaired) electrons. The molecule has 0 aromatic carbocycles. The van der Waals surface area contributed by atoms with Gasteiger partial charge in [-0.1, -0.05) is 12.2 Å². The van der Waals surface area contributed by atoms with Gasteiger partial charge in [-0.2, -0.15) is 0 Å². The van der Waals surface area contributed by atoms with E-state index >= 15 is 0 Å². The first-order chi connectivity index (χ1) is 11.6. The molecule has 1 spiro atoms. The van der Waals surface area contributed by atoms with Crippen LogP contribution in [0.2, 0.25) is 0 Å². The number of hydrogen-bond donors (Lipinski definition) is 0. The summed E-state index contributed by atoms with van der Waals surface area (Å²) >= 11 is 0. The van der Waals surface area contributed by atoms with Crippen LogP contribution in [0.1, 0.15) is 32.1 Å². The fourth-order valence-corrected chi connectivity index (χ4v) is 4.35. The van der Waals surface area contributed by atoms with Gasteiger partial charge in [-0.15, -0.1) is 0 Å². The van der Waals surface area contributed by atoms with Crippen LogP contribution in [-0.4, -0.2) is 79.1 Å². The van der Waals surface area contributed by atoms with Gasteiger partial charge < -0.3 is 14.5 Å². The van der Waals surface area contributed by atoms with Crippen molar-refractivity contribution in [2.75, 3.05) is 46.9 Å². The van der Waals surface area contributed by atoms with E-state index in [1.807, 2.05) is 0 Å². The zero-order valence-corrected chi connectivity index (χ0v) is 14.9. The Morgan fingerprint density at radius 1 is 1.25 bits per heavy atom. The van der Waals surface area contributed by atoms with Crippen molar-refractivity contribution in [2.45, 2.75) is 37.6 Å². The quantitative estimate of drug-likeness (QED) is 0.567. The van der Waals surface area contributed by atoms with E-state index in [0.29, 0.717) is 13.2 Å². The molecule has 2 fully saturated rings. The predicted octanol–water partition coefficient (Wildman–Crippen LogP) is 1.72. The van der Waals surface area contributed by atoms with Gasteiger partial charge in [0.1, 0.15) is 5.54 Å². The molecule has 134 valence electrons. The number of amides is 3. The number of methoxy groups -OCH3 is 1. The van der Waals surface area contributed by atoms with Gasteiger partial charge in [-0.05, 0) is 38.0 Å². The zero-order valence-electron chi connectivity index (χ0n) is 14.9. The molecule has 2 saturated heterocycles. The number of ether oxygens (including phenoxy) is 1. The third-order valence-corrected chi connectivity index (χ3v) is 5.83. The molecular weight excluding hydrogens is 306 g/mol. The van der Waals surface area contributed by atoms with E-state index in [1.165, 1.54) is 24.2 Å². The number of nitrogens with zero attached hydrogens (tertiary/aromatic N) is 3. The average Bonchev–Trinajstić information content (AvgIpc) is 2.78. The molecule has 2 heterocycles. The highest BCUT2D eigenvalue weighted by Gasteiger charge is 2.56. The number of urea groups is 1. The number of imide groups is 1. The molecule has 0 aromatic rings. The molecule has 0 bridgehead atoms. The smallest absolute Gasteiger partial charge is 0.327 e. The largest absolute Gasteiger partial charge is 0.383 e. The third-order valence-electron chi connectivity index (χ3n) is 5.83. The van der Waals surface area contributed by atoms with E-state index in [2.05, 4.69) is 17.1 Å². The lowest BCUT2D eigenvalue weighted by molar-refractivity contribution is -0.135. The van der Waals surface area contributed by atoms with Crippen molar-refractivity contribution < 1.29 is 14.3 Å². The Hall–Kier alpha value is -1.40. The van der Waals surface area contributed by atoms with E-state index in [1.54, 1.807) is 19.1 Å². The average molecular weight is 335 g/mol. The van der Waals surface area contributed by atoms with Gasteiger partial charge in [0.05, 0.1) is 6.61 Å². The van der Waals surface area contributed by atoms with Gasteiger partial charge in [0.2, 0.25) is 0 Å². The van der Waals surface area contributed by atoms with Crippen LogP contribution in [0.3, 0.4) is 0 Å². The zero-order chi connectivity index (χ0) is 17.2. The van der Waals surface area contributed by atoms with Gasteiger partial charge >= 0.3 is 6.03 Å². The lowest BCUT2D eigenvalue weighted by Gasteiger charge is -2.43. The Balaban J connectivity index is 1.64. The van der Waals surface area contributed by atoms with Crippen molar-refractivity contribution in [2.24, 2.45) is 5.92 Å². The first kappa shape index (κ1) is 17.4. The summed E-state index contributed by atoms with van der Waals surface area (Å²) in [5.74, 6) is 0.695. The first-order valence-corrected chi connectivity index (χ1v) is 9.04. The Morgan fingerprint density at radius 3 is 2.62 bits per heavy atom. The van der Waals surface area contributed by atoms with Crippen molar-refractivity contribution in [3.8, 4) is 0 Å². The van der Waals surface area contributed by atoms with Crippen LogP contribution in [0.15, 0.2) is 12.2 Å². The molecule has 2 aliphatic heterocycles. The fraction of sp³-hybridized carbons (Fsp3) is 0.778. The summed E-state index contributed by atoms with van der Waals surface area (Å²) in [6.45, 7) is 3.83. The Morgan fingerprint density at radius 2 is 2.00 bits per heavy atom. The minimum atomic E-state index is -0.646. The number of likely N-dealkylation sites (N-methyl/N-ethyl adjacent to an activating group) is 1. The van der Waals surface area contributed by atoms with Crippen LogP contribution in [0, 0.1) is 5.92 Å². The minimum Gasteiger partial charge on any atom is -0.383 e. The molecular formula is C18H29N3O3.